The number of amides is 3. The average Bonchev–Trinajstić information content (AvgIpc) is 3.50. The van der Waals surface area contributed by atoms with E-state index in [1.807, 2.05) is 37.3 Å². The van der Waals surface area contributed by atoms with Crippen molar-refractivity contribution < 1.29 is 14.7 Å². The number of hydrogen-bond acceptors (Lipinski definition) is 7. The van der Waals surface area contributed by atoms with Crippen molar-refractivity contribution >= 4 is 29.0 Å². The van der Waals surface area contributed by atoms with Crippen LogP contribution in [0.25, 0.3) is 0 Å². The van der Waals surface area contributed by atoms with Crippen LogP contribution in [0.1, 0.15) is 73.8 Å². The van der Waals surface area contributed by atoms with Gasteiger partial charge in [-0.25, -0.2) is 4.79 Å². The number of nitrogens with zero attached hydrogens (tertiary/aromatic N) is 1. The Bertz CT molecular complexity index is 1460. The Labute approximate surface area is 238 Å². The van der Waals surface area contributed by atoms with E-state index in [4.69, 9.17) is 0 Å². The highest BCUT2D eigenvalue weighted by Gasteiger charge is 2.29. The number of phenols is 1. The molecule has 0 radical (unpaired) electrons. The van der Waals surface area contributed by atoms with Crippen LogP contribution in [0.15, 0.2) is 58.1 Å². The van der Waals surface area contributed by atoms with E-state index in [1.165, 1.54) is 6.07 Å². The number of carbonyl (C=O) groups excluding carboxylic acids is 2. The van der Waals surface area contributed by atoms with Gasteiger partial charge in [-0.15, -0.1) is 0 Å². The number of piperidine rings is 1. The Morgan fingerprint density at radius 1 is 0.902 bits per heavy atom. The zero-order valence-corrected chi connectivity index (χ0v) is 23.2. The number of nitrogens with one attached hydrogen (secondary N) is 4. The lowest BCUT2D eigenvalue weighted by Crippen LogP contribution is -2.53. The third kappa shape index (κ3) is 6.21. The van der Waals surface area contributed by atoms with Crippen LogP contribution in [-0.2, 0) is 0 Å². The predicted octanol–water partition coefficient (Wildman–Crippen LogP) is 4.14. The van der Waals surface area contributed by atoms with Crippen molar-refractivity contribution in [3.8, 4) is 5.75 Å². The van der Waals surface area contributed by atoms with Crippen LogP contribution in [0.3, 0.4) is 0 Å². The molecular formula is C31H37N5O5. The second-order valence-electron chi connectivity index (χ2n) is 10.9. The van der Waals surface area contributed by atoms with Gasteiger partial charge in [0.1, 0.15) is 11.4 Å². The summed E-state index contributed by atoms with van der Waals surface area (Å²) in [5, 5.41) is 23.1. The SMILES string of the molecule is CC[C@@H](Nc1c(Nc2cccc(C(=O)N3CCCC(NC(=O)NC4CCCC4)C3)c2O)c(=O)c1=O)c1ccccc1. The minimum Gasteiger partial charge on any atom is -0.505 e. The van der Waals surface area contributed by atoms with E-state index < -0.39 is 10.9 Å². The minimum atomic E-state index is -0.688. The maximum Gasteiger partial charge on any atom is 0.315 e. The summed E-state index contributed by atoms with van der Waals surface area (Å²) in [6.07, 6.45) is 6.40. The highest BCUT2D eigenvalue weighted by atomic mass is 16.3. The molecule has 1 saturated heterocycles. The van der Waals surface area contributed by atoms with Gasteiger partial charge in [0.05, 0.1) is 17.3 Å². The third-order valence-electron chi connectivity index (χ3n) is 8.10. The van der Waals surface area contributed by atoms with E-state index in [-0.39, 0.29) is 58.4 Å². The Hall–Kier alpha value is -4.34. The molecule has 0 bridgehead atoms. The van der Waals surface area contributed by atoms with Crippen LogP contribution in [0.2, 0.25) is 0 Å². The van der Waals surface area contributed by atoms with Crippen LogP contribution < -0.4 is 32.1 Å². The number of anilines is 3. The molecule has 2 aliphatic rings. The molecule has 1 saturated carbocycles. The van der Waals surface area contributed by atoms with Crippen LogP contribution in [0.5, 0.6) is 5.75 Å². The second-order valence-corrected chi connectivity index (χ2v) is 10.9. The van der Waals surface area contributed by atoms with Crippen molar-refractivity contribution in [3.05, 3.63) is 80.1 Å². The van der Waals surface area contributed by atoms with Gasteiger partial charge in [-0.2, -0.15) is 0 Å². The van der Waals surface area contributed by atoms with E-state index in [9.17, 15) is 24.3 Å². The van der Waals surface area contributed by atoms with E-state index in [0.717, 1.165) is 44.1 Å². The quantitative estimate of drug-likeness (QED) is 0.196. The Morgan fingerprint density at radius 3 is 2.32 bits per heavy atom. The summed E-state index contributed by atoms with van der Waals surface area (Å²) in [5.41, 5.74) is 0.110. The fraction of sp³-hybridized carbons (Fsp3) is 0.419. The molecule has 10 heteroatoms. The fourth-order valence-electron chi connectivity index (χ4n) is 5.81. The summed E-state index contributed by atoms with van der Waals surface area (Å²) in [6, 6.07) is 13.9. The van der Waals surface area contributed by atoms with Gasteiger partial charge in [-0.1, -0.05) is 56.2 Å². The molecule has 10 nitrogen and oxygen atoms in total. The molecule has 3 amide bonds. The lowest BCUT2D eigenvalue weighted by molar-refractivity contribution is 0.0694. The summed E-state index contributed by atoms with van der Waals surface area (Å²) < 4.78 is 0. The van der Waals surface area contributed by atoms with Gasteiger partial charge in [0.15, 0.2) is 5.75 Å². The van der Waals surface area contributed by atoms with Crippen molar-refractivity contribution in [3.63, 3.8) is 0 Å². The molecule has 41 heavy (non-hydrogen) atoms. The number of hydrogen-bond donors (Lipinski definition) is 5. The zero-order valence-electron chi connectivity index (χ0n) is 23.2. The smallest absolute Gasteiger partial charge is 0.315 e. The van der Waals surface area contributed by atoms with Gasteiger partial charge in [0.25, 0.3) is 16.8 Å². The maximum atomic E-state index is 13.4. The molecule has 1 aliphatic heterocycles. The van der Waals surface area contributed by atoms with Crippen LogP contribution >= 0.6 is 0 Å². The highest BCUT2D eigenvalue weighted by molar-refractivity contribution is 5.99. The van der Waals surface area contributed by atoms with Crippen molar-refractivity contribution in [1.82, 2.24) is 15.5 Å². The van der Waals surface area contributed by atoms with E-state index in [0.29, 0.717) is 19.5 Å². The molecule has 1 unspecified atom stereocenters. The summed E-state index contributed by atoms with van der Waals surface area (Å²) in [5.74, 6) is -0.673. The lowest BCUT2D eigenvalue weighted by atomic mass is 10.0. The normalized spacial score (nSPS) is 18.2. The first-order valence-corrected chi connectivity index (χ1v) is 14.5. The molecule has 0 aromatic heterocycles. The van der Waals surface area contributed by atoms with Gasteiger partial charge in [0, 0.05) is 25.2 Å². The maximum absolute atomic E-state index is 13.4. The van der Waals surface area contributed by atoms with Crippen LogP contribution in [-0.4, -0.2) is 47.1 Å². The summed E-state index contributed by atoms with van der Waals surface area (Å²) >= 11 is 0. The highest BCUT2D eigenvalue weighted by Crippen LogP contribution is 2.34. The topological polar surface area (TPSA) is 140 Å². The third-order valence-corrected chi connectivity index (χ3v) is 8.10. The second kappa shape index (κ2) is 12.4. The number of likely N-dealkylation sites (tertiary alicyclic amines) is 1. The predicted molar refractivity (Wildman–Crippen MR) is 159 cm³/mol. The number of urea groups is 1. The molecule has 2 atom stereocenters. The summed E-state index contributed by atoms with van der Waals surface area (Å²) in [4.78, 5) is 52.5. The summed E-state index contributed by atoms with van der Waals surface area (Å²) in [6.45, 7) is 2.81. The standard InChI is InChI=1S/C31H37N5O5/c1-2-23(19-10-4-3-5-11-19)34-25-26(29(39)28(25)38)35-24-16-8-15-22(27(24)37)30(40)36-17-9-14-21(18-36)33-31(41)32-20-12-6-7-13-20/h3-5,8,10-11,15-16,20-21,23,34-35,37H,2,6-7,9,12-14,17-18H2,1H3,(H2,32,33,41)/t21?,23-/m1/s1. The molecule has 2 fully saturated rings. The van der Waals surface area contributed by atoms with Crippen molar-refractivity contribution in [1.29, 1.82) is 0 Å². The number of rotatable bonds is 9. The number of phenolic OH excluding ortho intramolecular Hbond substituents is 1. The first-order valence-electron chi connectivity index (χ1n) is 14.5. The molecule has 3 aromatic rings. The largest absolute Gasteiger partial charge is 0.505 e. The van der Waals surface area contributed by atoms with Crippen LogP contribution in [0, 0.1) is 0 Å². The Balaban J connectivity index is 1.27. The molecule has 216 valence electrons. The fourth-order valence-corrected chi connectivity index (χ4v) is 5.81. The summed E-state index contributed by atoms with van der Waals surface area (Å²) in [7, 11) is 0. The van der Waals surface area contributed by atoms with Crippen molar-refractivity contribution in [2.24, 2.45) is 0 Å². The van der Waals surface area contributed by atoms with Gasteiger partial charge in [-0.05, 0) is 49.8 Å². The lowest BCUT2D eigenvalue weighted by Gasteiger charge is -2.33. The minimum absolute atomic E-state index is 0.0554. The van der Waals surface area contributed by atoms with Gasteiger partial charge < -0.3 is 31.3 Å². The molecular weight excluding hydrogens is 522 g/mol. The van der Waals surface area contributed by atoms with Gasteiger partial charge >= 0.3 is 6.03 Å². The molecule has 1 heterocycles. The van der Waals surface area contributed by atoms with Crippen molar-refractivity contribution in [2.45, 2.75) is 70.0 Å². The average molecular weight is 560 g/mol. The van der Waals surface area contributed by atoms with Gasteiger partial charge in [0.2, 0.25) is 0 Å². The first-order chi connectivity index (χ1) is 19.9. The Kier molecular flexibility index (Phi) is 8.56. The number of aromatic hydroxyl groups is 1. The number of benzene rings is 2. The zero-order chi connectivity index (χ0) is 28.9. The van der Waals surface area contributed by atoms with E-state index >= 15 is 0 Å². The molecule has 5 rings (SSSR count). The Morgan fingerprint density at radius 2 is 1.59 bits per heavy atom. The number of carbonyl (C=O) groups is 2. The first kappa shape index (κ1) is 28.2. The molecule has 0 spiro atoms. The van der Waals surface area contributed by atoms with E-state index in [1.54, 1.807) is 17.0 Å². The molecule has 3 aromatic carbocycles. The molecule has 1 aliphatic carbocycles. The van der Waals surface area contributed by atoms with E-state index in [2.05, 4.69) is 21.3 Å². The van der Waals surface area contributed by atoms with Gasteiger partial charge in [-0.3, -0.25) is 14.4 Å². The number of para-hydroxylation sites is 1. The monoisotopic (exact) mass is 559 g/mol. The van der Waals surface area contributed by atoms with Crippen LogP contribution in [0.4, 0.5) is 21.9 Å². The van der Waals surface area contributed by atoms with Crippen molar-refractivity contribution in [2.75, 3.05) is 23.7 Å². The molecule has 5 N–H and O–H groups in total.